The molecule has 0 radical (unpaired) electrons. The molecule has 1 aromatic rings. The topological polar surface area (TPSA) is 68.6 Å². The number of rotatable bonds is 5. The summed E-state index contributed by atoms with van der Waals surface area (Å²) in [6.07, 6.45) is 1.66. The van der Waals surface area contributed by atoms with E-state index in [-0.39, 0.29) is 11.9 Å². The van der Waals surface area contributed by atoms with Crippen LogP contribution in [0, 0.1) is 24.7 Å². The van der Waals surface area contributed by atoms with Crippen LogP contribution in [0.4, 0.5) is 4.79 Å². The van der Waals surface area contributed by atoms with Crippen LogP contribution in [0.2, 0.25) is 0 Å². The fourth-order valence-corrected chi connectivity index (χ4v) is 2.27. The van der Waals surface area contributed by atoms with E-state index < -0.39 is 0 Å². The highest BCUT2D eigenvalue weighted by molar-refractivity contribution is 5.78. The van der Waals surface area contributed by atoms with Gasteiger partial charge in [-0.25, -0.2) is 14.3 Å². The number of aryl methyl sites for hydroxylation is 1. The fraction of sp³-hybridized carbons (Fsp3) is 0.647. The first-order valence-corrected chi connectivity index (χ1v) is 8.31. The van der Waals surface area contributed by atoms with Crippen LogP contribution in [0.1, 0.15) is 19.5 Å². The van der Waals surface area contributed by atoms with E-state index in [1.807, 2.05) is 20.8 Å². The smallest absolute Gasteiger partial charge is 0.330 e. The number of carbonyl (C=O) groups excluding carboxylic acids is 1. The number of ether oxygens (including phenoxy) is 2. The van der Waals surface area contributed by atoms with Crippen LogP contribution in [0.25, 0.3) is 0 Å². The molecule has 1 amide bonds. The highest BCUT2D eigenvalue weighted by Gasteiger charge is 2.15. The average Bonchev–Trinajstić information content (AvgIpc) is 2.93. The normalized spacial score (nSPS) is 15.0. The van der Waals surface area contributed by atoms with Gasteiger partial charge in [-0.2, -0.15) is 0 Å². The molecule has 1 aromatic heterocycles. The quantitative estimate of drug-likeness (QED) is 0.817. The van der Waals surface area contributed by atoms with Gasteiger partial charge in [-0.15, -0.1) is 0 Å². The zero-order valence-electron chi connectivity index (χ0n) is 14.7. The van der Waals surface area contributed by atoms with Gasteiger partial charge in [0.15, 0.2) is 0 Å². The molecule has 0 bridgehead atoms. The van der Waals surface area contributed by atoms with Gasteiger partial charge < -0.3 is 14.8 Å². The zero-order valence-corrected chi connectivity index (χ0v) is 14.7. The predicted octanol–water partition coefficient (Wildman–Crippen LogP) is 1.12. The van der Waals surface area contributed by atoms with Crippen molar-refractivity contribution in [2.24, 2.45) is 5.92 Å². The summed E-state index contributed by atoms with van der Waals surface area (Å²) in [5, 5.41) is 2.75. The Morgan fingerprint density at radius 3 is 2.92 bits per heavy atom. The molecule has 0 aliphatic carbocycles. The minimum absolute atomic E-state index is 0.282. The van der Waals surface area contributed by atoms with Crippen LogP contribution >= 0.6 is 0 Å². The number of hydrogen-bond acceptors (Lipinski definition) is 5. The van der Waals surface area contributed by atoms with Crippen LogP contribution < -0.4 is 10.1 Å². The second-order valence-corrected chi connectivity index (χ2v) is 5.97. The summed E-state index contributed by atoms with van der Waals surface area (Å²) in [6.45, 7) is 10.8. The number of morpholine rings is 1. The van der Waals surface area contributed by atoms with E-state index in [4.69, 9.17) is 9.47 Å². The third-order valence-corrected chi connectivity index (χ3v) is 3.47. The predicted molar refractivity (Wildman–Crippen MR) is 91.1 cm³/mol. The molecule has 1 N–H and O–H groups in total. The standard InChI is InChI=1S/C17H26N4O3/c1-14(2)5-4-6-18-16(22)21-13-15(3)19-17(21)24-12-9-20-7-10-23-11-8-20/h13-14H,6-12H2,1-3H3,(H,18,22). The van der Waals surface area contributed by atoms with E-state index in [9.17, 15) is 4.79 Å². The number of nitrogens with zero attached hydrogens (tertiary/aromatic N) is 3. The minimum Gasteiger partial charge on any atom is -0.463 e. The van der Waals surface area contributed by atoms with Gasteiger partial charge in [0.05, 0.1) is 25.5 Å². The van der Waals surface area contributed by atoms with Crippen molar-refractivity contribution in [1.82, 2.24) is 19.8 Å². The third-order valence-electron chi connectivity index (χ3n) is 3.47. The number of amides is 1. The number of nitrogens with one attached hydrogen (secondary N) is 1. The van der Waals surface area contributed by atoms with Crippen molar-refractivity contribution in [2.75, 3.05) is 46.0 Å². The Hall–Kier alpha value is -2.04. The van der Waals surface area contributed by atoms with Crippen LogP contribution in [-0.2, 0) is 4.74 Å². The van der Waals surface area contributed by atoms with Crippen molar-refractivity contribution in [3.8, 4) is 17.9 Å². The second kappa shape index (κ2) is 9.30. The Morgan fingerprint density at radius 2 is 2.21 bits per heavy atom. The Bertz CT molecular complexity index is 595. The SMILES string of the molecule is Cc1cn(C(=O)NCC#CC(C)C)c(OCCN2CCOCC2)n1. The lowest BCUT2D eigenvalue weighted by Gasteiger charge is -2.26. The molecule has 1 aliphatic rings. The third kappa shape index (κ3) is 5.87. The van der Waals surface area contributed by atoms with Gasteiger partial charge in [0.25, 0.3) is 0 Å². The molecular weight excluding hydrogens is 308 g/mol. The molecule has 0 atom stereocenters. The first kappa shape index (κ1) is 18.3. The maximum absolute atomic E-state index is 12.2. The number of hydrogen-bond donors (Lipinski definition) is 1. The number of aromatic nitrogens is 2. The summed E-state index contributed by atoms with van der Waals surface area (Å²) in [7, 11) is 0. The first-order valence-electron chi connectivity index (χ1n) is 8.31. The monoisotopic (exact) mass is 334 g/mol. The van der Waals surface area contributed by atoms with Crippen LogP contribution in [0.15, 0.2) is 6.20 Å². The van der Waals surface area contributed by atoms with Crippen molar-refractivity contribution < 1.29 is 14.3 Å². The summed E-state index contributed by atoms with van der Waals surface area (Å²) in [5.74, 6) is 6.22. The van der Waals surface area contributed by atoms with Gasteiger partial charge in [-0.1, -0.05) is 25.7 Å². The molecule has 2 heterocycles. The largest absolute Gasteiger partial charge is 0.463 e. The van der Waals surface area contributed by atoms with Gasteiger partial charge in [-0.3, -0.25) is 4.90 Å². The molecule has 132 valence electrons. The summed E-state index contributed by atoms with van der Waals surface area (Å²) >= 11 is 0. The Morgan fingerprint density at radius 1 is 1.46 bits per heavy atom. The van der Waals surface area contributed by atoms with E-state index in [2.05, 4.69) is 27.0 Å². The van der Waals surface area contributed by atoms with Gasteiger partial charge in [0.1, 0.15) is 6.61 Å². The van der Waals surface area contributed by atoms with Crippen LogP contribution in [0.3, 0.4) is 0 Å². The molecular formula is C17H26N4O3. The van der Waals surface area contributed by atoms with Crippen LogP contribution in [-0.4, -0.2) is 66.5 Å². The highest BCUT2D eigenvalue weighted by Crippen LogP contribution is 2.11. The Labute approximate surface area is 143 Å². The molecule has 1 aliphatic heterocycles. The van der Waals surface area contributed by atoms with Gasteiger partial charge in [-0.05, 0) is 6.92 Å². The van der Waals surface area contributed by atoms with Gasteiger partial charge >= 0.3 is 12.0 Å². The van der Waals surface area contributed by atoms with E-state index >= 15 is 0 Å². The molecule has 1 saturated heterocycles. The van der Waals surface area contributed by atoms with Crippen molar-refractivity contribution in [1.29, 1.82) is 0 Å². The molecule has 7 nitrogen and oxygen atoms in total. The highest BCUT2D eigenvalue weighted by atomic mass is 16.5. The molecule has 0 saturated carbocycles. The van der Waals surface area contributed by atoms with Crippen molar-refractivity contribution in [3.05, 3.63) is 11.9 Å². The molecule has 24 heavy (non-hydrogen) atoms. The lowest BCUT2D eigenvalue weighted by Crippen LogP contribution is -2.39. The maximum atomic E-state index is 12.2. The van der Waals surface area contributed by atoms with E-state index in [1.54, 1.807) is 6.20 Å². The molecule has 2 rings (SSSR count). The summed E-state index contributed by atoms with van der Waals surface area (Å²) in [4.78, 5) is 18.8. The average molecular weight is 334 g/mol. The first-order chi connectivity index (χ1) is 11.6. The fourth-order valence-electron chi connectivity index (χ4n) is 2.27. The maximum Gasteiger partial charge on any atom is 0.330 e. The molecule has 0 unspecified atom stereocenters. The van der Waals surface area contributed by atoms with Crippen molar-refractivity contribution in [2.45, 2.75) is 20.8 Å². The lowest BCUT2D eigenvalue weighted by molar-refractivity contribution is 0.0316. The molecule has 0 aromatic carbocycles. The molecule has 0 spiro atoms. The Balaban J connectivity index is 1.84. The molecule has 1 fully saturated rings. The summed E-state index contributed by atoms with van der Waals surface area (Å²) in [6, 6.07) is 0.0325. The van der Waals surface area contributed by atoms with Crippen LogP contribution in [0.5, 0.6) is 6.01 Å². The van der Waals surface area contributed by atoms with Gasteiger partial charge in [0.2, 0.25) is 0 Å². The zero-order chi connectivity index (χ0) is 17.4. The molecule has 7 heteroatoms. The number of imidazole rings is 1. The van der Waals surface area contributed by atoms with E-state index in [0.717, 1.165) is 38.5 Å². The summed E-state index contributed by atoms with van der Waals surface area (Å²) < 4.78 is 12.4. The lowest BCUT2D eigenvalue weighted by atomic mass is 10.2. The second-order valence-electron chi connectivity index (χ2n) is 5.97. The van der Waals surface area contributed by atoms with Gasteiger partial charge in [0, 0.05) is 31.7 Å². The van der Waals surface area contributed by atoms with Crippen molar-refractivity contribution >= 4 is 6.03 Å². The van der Waals surface area contributed by atoms with Crippen molar-refractivity contribution in [3.63, 3.8) is 0 Å². The Kier molecular flexibility index (Phi) is 7.09. The summed E-state index contributed by atoms with van der Waals surface area (Å²) in [5.41, 5.74) is 0.736. The van der Waals surface area contributed by atoms with E-state index in [1.165, 1.54) is 4.57 Å². The van der Waals surface area contributed by atoms with E-state index in [0.29, 0.717) is 19.2 Å². The minimum atomic E-state index is -0.282. The number of carbonyl (C=O) groups is 1.